The Bertz CT molecular complexity index is 732. The lowest BCUT2D eigenvalue weighted by molar-refractivity contribution is -0.890. The third-order valence-electron chi connectivity index (χ3n) is 15.7. The first-order valence-electron chi connectivity index (χ1n) is 32.8. The van der Waals surface area contributed by atoms with Crippen molar-refractivity contribution in [3.05, 3.63) is 0 Å². The van der Waals surface area contributed by atoms with Crippen LogP contribution < -0.4 is 50.9 Å². The maximum atomic E-state index is 2.43. The van der Waals surface area contributed by atoms with Crippen molar-refractivity contribution >= 4 is 0 Å². The molecular weight excluding hydrogens is 1070 g/mol. The highest BCUT2D eigenvalue weighted by atomic mass is 79.9. The number of nitrogens with zero attached hydrogens (tertiary/aromatic N) is 3. The van der Waals surface area contributed by atoms with E-state index in [0.717, 1.165) is 0 Å². The van der Waals surface area contributed by atoms with Crippen molar-refractivity contribution in [2.45, 2.75) is 350 Å². The van der Waals surface area contributed by atoms with Crippen molar-refractivity contribution < 1.29 is 64.4 Å². The number of hydrogen-bond donors (Lipinski definition) is 0. The Hall–Kier alpha value is 1.32. The molecule has 444 valence electrons. The lowest BCUT2D eigenvalue weighted by atomic mass is 10.1. The molecule has 0 heterocycles. The second kappa shape index (κ2) is 68.4. The maximum absolute atomic E-state index is 2.43. The van der Waals surface area contributed by atoms with Gasteiger partial charge in [0.2, 0.25) is 0 Å². The zero-order chi connectivity index (χ0) is 51.7. The summed E-state index contributed by atoms with van der Waals surface area (Å²) >= 11 is 0. The molecule has 0 fully saturated rings. The summed E-state index contributed by atoms with van der Waals surface area (Å²) < 4.78 is 3.73. The van der Waals surface area contributed by atoms with Gasteiger partial charge in [-0.3, -0.25) is 0 Å². The highest BCUT2D eigenvalue weighted by Gasteiger charge is 2.16. The molecule has 6 heteroatoms. The lowest BCUT2D eigenvalue weighted by Gasteiger charge is -2.30. The van der Waals surface area contributed by atoms with Crippen LogP contribution in [-0.2, 0) is 0 Å². The van der Waals surface area contributed by atoms with Crippen LogP contribution in [0.15, 0.2) is 0 Å². The Morgan fingerprint density at radius 2 is 0.222 bits per heavy atom. The van der Waals surface area contributed by atoms with E-state index in [1.54, 1.807) is 0 Å². The highest BCUT2D eigenvalue weighted by molar-refractivity contribution is 4.52. The van der Waals surface area contributed by atoms with Crippen LogP contribution in [0, 0.1) is 0 Å². The van der Waals surface area contributed by atoms with Crippen molar-refractivity contribution in [3.63, 3.8) is 0 Å². The summed E-state index contributed by atoms with van der Waals surface area (Å²) in [6.45, 7) is 22.1. The normalized spacial score (nSPS) is 11.5. The molecule has 0 aromatic rings. The van der Waals surface area contributed by atoms with E-state index in [-0.39, 0.29) is 50.9 Å². The first-order valence-corrected chi connectivity index (χ1v) is 32.8. The molecule has 72 heavy (non-hydrogen) atoms. The molecule has 0 saturated carbocycles. The van der Waals surface area contributed by atoms with E-state index in [1.807, 2.05) is 0 Å². The first-order chi connectivity index (χ1) is 33.4. The largest absolute Gasteiger partial charge is 1.00 e. The Balaban J connectivity index is -0.000000222. The molecule has 0 bridgehead atoms. The molecule has 0 radical (unpaired) electrons. The summed E-state index contributed by atoms with van der Waals surface area (Å²) in [5.74, 6) is 0. The van der Waals surface area contributed by atoms with Gasteiger partial charge in [-0.05, 0) is 77.0 Å². The number of rotatable bonds is 54. The maximum Gasteiger partial charge on any atom is 0.0782 e. The quantitative estimate of drug-likeness (QED) is 0.0421. The van der Waals surface area contributed by atoms with Crippen LogP contribution in [0.3, 0.4) is 0 Å². The van der Waals surface area contributed by atoms with E-state index in [2.05, 4.69) is 83.8 Å². The second-order valence-corrected chi connectivity index (χ2v) is 25.0. The zero-order valence-corrected chi connectivity index (χ0v) is 57.4. The minimum atomic E-state index is 0. The fourth-order valence-corrected chi connectivity index (χ4v) is 10.4. The molecule has 0 spiro atoms. The standard InChI is InChI=1S/3C22H48N.3BrH/c3*1-5-7-9-11-13-15-17-19-21-23(3,4)22-20-18-16-14-12-10-8-6-2;;;/h3*5-22H2,1-4H3;3*1H/q3*+1;;;/p-3. The van der Waals surface area contributed by atoms with Gasteiger partial charge in [0.05, 0.1) is 81.6 Å². The van der Waals surface area contributed by atoms with Gasteiger partial charge in [0.25, 0.3) is 0 Å². The Kier molecular flexibility index (Phi) is 80.4. The fourth-order valence-electron chi connectivity index (χ4n) is 10.4. The van der Waals surface area contributed by atoms with Gasteiger partial charge in [0.1, 0.15) is 0 Å². The molecule has 0 aliphatic heterocycles. The van der Waals surface area contributed by atoms with Crippen molar-refractivity contribution in [2.75, 3.05) is 81.6 Å². The van der Waals surface area contributed by atoms with E-state index in [1.165, 1.54) is 361 Å². The third-order valence-corrected chi connectivity index (χ3v) is 15.7. The predicted molar refractivity (Wildman–Crippen MR) is 321 cm³/mol. The van der Waals surface area contributed by atoms with Gasteiger partial charge >= 0.3 is 0 Å². The number of unbranched alkanes of at least 4 members (excludes halogenated alkanes) is 42. The smallest absolute Gasteiger partial charge is 0.0782 e. The summed E-state index contributed by atoms with van der Waals surface area (Å²) in [5.41, 5.74) is 0. The molecular formula is C66H144Br3N3. The minimum absolute atomic E-state index is 0. The number of halogens is 3. The first kappa shape index (κ1) is 84.6. The van der Waals surface area contributed by atoms with Gasteiger partial charge in [-0.1, -0.05) is 273 Å². The van der Waals surface area contributed by atoms with Crippen molar-refractivity contribution in [3.8, 4) is 0 Å². The molecule has 0 rings (SSSR count). The molecule has 0 aliphatic rings. The monoisotopic (exact) mass is 1220 g/mol. The van der Waals surface area contributed by atoms with Gasteiger partial charge in [-0.15, -0.1) is 0 Å². The summed E-state index contributed by atoms with van der Waals surface area (Å²) in [7, 11) is 14.6. The molecule has 0 aromatic carbocycles. The molecule has 3 nitrogen and oxygen atoms in total. The van der Waals surface area contributed by atoms with E-state index >= 15 is 0 Å². The van der Waals surface area contributed by atoms with Crippen LogP contribution in [0.4, 0.5) is 0 Å². The molecule has 0 amide bonds. The van der Waals surface area contributed by atoms with Gasteiger partial charge in [-0.25, -0.2) is 0 Å². The predicted octanol–water partition coefficient (Wildman–Crippen LogP) is 13.0. The Morgan fingerprint density at radius 3 is 0.319 bits per heavy atom. The minimum Gasteiger partial charge on any atom is -1.00 e. The van der Waals surface area contributed by atoms with E-state index in [9.17, 15) is 0 Å². The van der Waals surface area contributed by atoms with Crippen LogP contribution in [0.25, 0.3) is 0 Å². The van der Waals surface area contributed by atoms with Crippen LogP contribution in [0.1, 0.15) is 350 Å². The SMILES string of the molecule is CCCCCCCCCC[N+](C)(C)CCCCCCCCCC.CCCCCCCCCC[N+](C)(C)CCCCCCCCCC.CCCCCCCCCC[N+](C)(C)CCCCCCCCCC.[Br-].[Br-].[Br-]. The summed E-state index contributed by atoms with van der Waals surface area (Å²) in [6, 6.07) is 0. The van der Waals surface area contributed by atoms with Crippen molar-refractivity contribution in [1.82, 2.24) is 0 Å². The average molecular weight is 1220 g/mol. The summed E-state index contributed by atoms with van der Waals surface area (Å²) in [5, 5.41) is 0. The molecule has 0 atom stereocenters. The van der Waals surface area contributed by atoms with Gasteiger partial charge < -0.3 is 64.4 Å². The Morgan fingerprint density at radius 1 is 0.139 bits per heavy atom. The summed E-state index contributed by atoms with van der Waals surface area (Å²) in [4.78, 5) is 0. The van der Waals surface area contributed by atoms with Crippen molar-refractivity contribution in [2.24, 2.45) is 0 Å². The van der Waals surface area contributed by atoms with E-state index < -0.39 is 0 Å². The zero-order valence-electron chi connectivity index (χ0n) is 52.7. The number of hydrogen-bond acceptors (Lipinski definition) is 0. The lowest BCUT2D eigenvalue weighted by Crippen LogP contribution is -3.00. The van der Waals surface area contributed by atoms with E-state index in [0.29, 0.717) is 0 Å². The van der Waals surface area contributed by atoms with Crippen LogP contribution in [0.5, 0.6) is 0 Å². The fraction of sp³-hybridized carbons (Fsp3) is 1.00. The number of quaternary nitrogens is 3. The second-order valence-electron chi connectivity index (χ2n) is 25.0. The van der Waals surface area contributed by atoms with E-state index in [4.69, 9.17) is 0 Å². The summed E-state index contributed by atoms with van der Waals surface area (Å²) in [6.07, 6.45) is 69.1. The van der Waals surface area contributed by atoms with Crippen molar-refractivity contribution in [1.29, 1.82) is 0 Å². The third kappa shape index (κ3) is 77.8. The van der Waals surface area contributed by atoms with Crippen LogP contribution in [-0.4, -0.2) is 95.0 Å². The molecule has 0 aliphatic carbocycles. The highest BCUT2D eigenvalue weighted by Crippen LogP contribution is 2.17. The topological polar surface area (TPSA) is 0 Å². The Labute approximate surface area is 492 Å². The van der Waals surface area contributed by atoms with Gasteiger partial charge in [0, 0.05) is 0 Å². The molecule has 0 saturated heterocycles. The van der Waals surface area contributed by atoms with Gasteiger partial charge in [0.15, 0.2) is 0 Å². The molecule has 0 unspecified atom stereocenters. The average Bonchev–Trinajstić information content (AvgIpc) is 3.32. The van der Waals surface area contributed by atoms with Crippen LogP contribution >= 0.6 is 0 Å². The van der Waals surface area contributed by atoms with Gasteiger partial charge in [-0.2, -0.15) is 0 Å². The van der Waals surface area contributed by atoms with Crippen LogP contribution in [0.2, 0.25) is 0 Å². The molecule has 0 N–H and O–H groups in total. The molecule has 0 aromatic heterocycles.